The lowest BCUT2D eigenvalue weighted by molar-refractivity contribution is 1.16. The van der Waals surface area contributed by atoms with Gasteiger partial charge in [-0.15, -0.1) is 0 Å². The van der Waals surface area contributed by atoms with Crippen LogP contribution >= 0.6 is 0 Å². The lowest BCUT2D eigenvalue weighted by atomic mass is 9.97. The van der Waals surface area contributed by atoms with Gasteiger partial charge in [-0.1, -0.05) is 122 Å². The largest absolute Gasteiger partial charge is 0.367 e. The van der Waals surface area contributed by atoms with Gasteiger partial charge in [-0.25, -0.2) is 0 Å². The van der Waals surface area contributed by atoms with Crippen molar-refractivity contribution >= 4 is 28.6 Å². The number of nitrogens with one attached hydrogen (secondary N) is 1. The Morgan fingerprint density at radius 1 is 0.825 bits per heavy atom. The minimum Gasteiger partial charge on any atom is -0.367 e. The molecule has 2 aliphatic heterocycles. The standard InChI is InChI=1S/C38H34N2/c1-3-4-6-18-35-29-39-28-13-19-31(22-23-33-15-9-11-20-37(33)35)32-24-26-36(27-25-32)40-30(2)14-7-5-8-16-34-17-10-12-21-38(34)40/h3-15,17-29,39H,2,16H2,1H3/b4-3-,8-5-,14-7-,18-6-,23-22-,28-13+,31-19+,35-29-. The van der Waals surface area contributed by atoms with Crippen LogP contribution in [0.25, 0.3) is 17.2 Å². The fraction of sp³-hybridized carbons (Fsp3) is 0.0526. The first-order valence-corrected chi connectivity index (χ1v) is 13.6. The third-order valence-electron chi connectivity index (χ3n) is 6.85. The van der Waals surface area contributed by atoms with Crippen molar-refractivity contribution in [2.75, 3.05) is 4.90 Å². The second-order valence-corrected chi connectivity index (χ2v) is 9.55. The first kappa shape index (κ1) is 26.5. The summed E-state index contributed by atoms with van der Waals surface area (Å²) in [7, 11) is 0. The van der Waals surface area contributed by atoms with Crippen molar-refractivity contribution in [3.63, 3.8) is 0 Å². The van der Waals surface area contributed by atoms with E-state index in [4.69, 9.17) is 0 Å². The Balaban J connectivity index is 1.49. The minimum atomic E-state index is 0.879. The number of hydrogen-bond acceptors (Lipinski definition) is 2. The summed E-state index contributed by atoms with van der Waals surface area (Å²) in [4.78, 5) is 2.23. The first-order valence-electron chi connectivity index (χ1n) is 13.6. The molecule has 0 unspecified atom stereocenters. The van der Waals surface area contributed by atoms with Gasteiger partial charge in [0.15, 0.2) is 0 Å². The van der Waals surface area contributed by atoms with Gasteiger partial charge >= 0.3 is 0 Å². The molecule has 2 aliphatic rings. The second-order valence-electron chi connectivity index (χ2n) is 9.55. The van der Waals surface area contributed by atoms with E-state index in [1.807, 2.05) is 37.6 Å². The Morgan fingerprint density at radius 2 is 1.65 bits per heavy atom. The molecule has 2 heterocycles. The molecular formula is C38H34N2. The first-order chi connectivity index (χ1) is 19.7. The van der Waals surface area contributed by atoms with E-state index in [1.54, 1.807) is 0 Å². The Bertz CT molecular complexity index is 1600. The van der Waals surface area contributed by atoms with Crippen LogP contribution < -0.4 is 10.2 Å². The van der Waals surface area contributed by atoms with E-state index in [9.17, 15) is 0 Å². The molecule has 0 saturated carbocycles. The fourth-order valence-electron chi connectivity index (χ4n) is 4.84. The van der Waals surface area contributed by atoms with E-state index in [-0.39, 0.29) is 0 Å². The Kier molecular flexibility index (Phi) is 8.70. The number of anilines is 2. The highest BCUT2D eigenvalue weighted by Crippen LogP contribution is 2.34. The molecular weight excluding hydrogens is 484 g/mol. The molecule has 2 nitrogen and oxygen atoms in total. The van der Waals surface area contributed by atoms with Crippen molar-refractivity contribution in [3.05, 3.63) is 187 Å². The SMILES string of the molecule is C=C1/C=C\C=C/Cc2ccccc2N1c1ccc(C2=C/C=C/N/C=C(/C=C\C=C/C)c3ccccc3/C=C\2)cc1. The third kappa shape index (κ3) is 6.31. The zero-order valence-corrected chi connectivity index (χ0v) is 22.9. The highest BCUT2D eigenvalue weighted by atomic mass is 15.1. The molecule has 5 rings (SSSR count). The molecule has 0 amide bonds. The molecule has 3 aromatic rings. The highest BCUT2D eigenvalue weighted by molar-refractivity contribution is 5.85. The molecule has 3 aromatic carbocycles. The zero-order chi connectivity index (χ0) is 27.6. The van der Waals surface area contributed by atoms with Gasteiger partial charge < -0.3 is 10.2 Å². The molecule has 0 atom stereocenters. The predicted octanol–water partition coefficient (Wildman–Crippen LogP) is 9.69. The molecule has 0 bridgehead atoms. The third-order valence-corrected chi connectivity index (χ3v) is 6.85. The van der Waals surface area contributed by atoms with E-state index >= 15 is 0 Å². The van der Waals surface area contributed by atoms with Crippen LogP contribution in [0.4, 0.5) is 11.4 Å². The average Bonchev–Trinajstić information content (AvgIpc) is 3.03. The van der Waals surface area contributed by atoms with Gasteiger partial charge in [0.2, 0.25) is 0 Å². The molecule has 0 spiro atoms. The van der Waals surface area contributed by atoms with Gasteiger partial charge in [-0.05, 0) is 77.1 Å². The van der Waals surface area contributed by atoms with Crippen molar-refractivity contribution in [2.45, 2.75) is 13.3 Å². The molecule has 2 heteroatoms. The summed E-state index contributed by atoms with van der Waals surface area (Å²) in [5, 5.41) is 3.34. The van der Waals surface area contributed by atoms with Crippen LogP contribution in [0.2, 0.25) is 0 Å². The molecule has 0 radical (unpaired) electrons. The van der Waals surface area contributed by atoms with Gasteiger partial charge in [0.1, 0.15) is 0 Å². The van der Waals surface area contributed by atoms with Gasteiger partial charge in [0, 0.05) is 29.5 Å². The number of nitrogens with zero attached hydrogens (tertiary/aromatic N) is 1. The highest BCUT2D eigenvalue weighted by Gasteiger charge is 2.15. The number of allylic oxidation sites excluding steroid dienone is 13. The van der Waals surface area contributed by atoms with Crippen LogP contribution in [-0.2, 0) is 6.42 Å². The molecule has 1 N–H and O–H groups in total. The monoisotopic (exact) mass is 518 g/mol. The number of hydrogen-bond donors (Lipinski definition) is 1. The number of benzene rings is 3. The average molecular weight is 519 g/mol. The summed E-state index contributed by atoms with van der Waals surface area (Å²) in [5.74, 6) is 0. The Morgan fingerprint density at radius 3 is 2.52 bits per heavy atom. The fourth-order valence-corrected chi connectivity index (χ4v) is 4.84. The summed E-state index contributed by atoms with van der Waals surface area (Å²) >= 11 is 0. The molecule has 0 aromatic heterocycles. The summed E-state index contributed by atoms with van der Waals surface area (Å²) in [6.07, 6.45) is 30.1. The van der Waals surface area contributed by atoms with Crippen LogP contribution in [0.15, 0.2) is 164 Å². The smallest absolute Gasteiger partial charge is 0.0496 e. The van der Waals surface area contributed by atoms with Crippen molar-refractivity contribution in [1.29, 1.82) is 0 Å². The van der Waals surface area contributed by atoms with Crippen molar-refractivity contribution in [1.82, 2.24) is 5.32 Å². The molecule has 0 fully saturated rings. The lowest BCUT2D eigenvalue weighted by Crippen LogP contribution is -2.15. The maximum Gasteiger partial charge on any atom is 0.0496 e. The lowest BCUT2D eigenvalue weighted by Gasteiger charge is -2.27. The normalized spacial score (nSPS) is 21.2. The zero-order valence-electron chi connectivity index (χ0n) is 22.9. The topological polar surface area (TPSA) is 15.3 Å². The number of fused-ring (bicyclic) bond motifs is 2. The maximum absolute atomic E-state index is 4.38. The minimum absolute atomic E-state index is 0.879. The summed E-state index contributed by atoms with van der Waals surface area (Å²) in [6, 6.07) is 25.8. The van der Waals surface area contributed by atoms with Gasteiger partial charge in [-0.2, -0.15) is 0 Å². The maximum atomic E-state index is 4.38. The summed E-state index contributed by atoms with van der Waals surface area (Å²) in [5.41, 5.74) is 10.2. The molecule has 196 valence electrons. The van der Waals surface area contributed by atoms with E-state index < -0.39 is 0 Å². The number of rotatable bonds is 4. The van der Waals surface area contributed by atoms with Crippen molar-refractivity contribution in [3.8, 4) is 0 Å². The van der Waals surface area contributed by atoms with Gasteiger partial charge in [-0.3, -0.25) is 0 Å². The van der Waals surface area contributed by atoms with Gasteiger partial charge in [0.05, 0.1) is 0 Å². The van der Waals surface area contributed by atoms with Crippen LogP contribution in [0.1, 0.15) is 29.2 Å². The van der Waals surface area contributed by atoms with E-state index in [0.717, 1.165) is 45.8 Å². The van der Waals surface area contributed by atoms with Crippen LogP contribution in [0, 0.1) is 0 Å². The molecule has 40 heavy (non-hydrogen) atoms. The van der Waals surface area contributed by atoms with Crippen LogP contribution in [0.5, 0.6) is 0 Å². The van der Waals surface area contributed by atoms with E-state index in [0.29, 0.717) is 0 Å². The predicted molar refractivity (Wildman–Crippen MR) is 174 cm³/mol. The molecule has 0 aliphatic carbocycles. The van der Waals surface area contributed by atoms with E-state index in [2.05, 4.69) is 144 Å². The summed E-state index contributed by atoms with van der Waals surface area (Å²) in [6.45, 7) is 6.40. The van der Waals surface area contributed by atoms with Crippen LogP contribution in [0.3, 0.4) is 0 Å². The van der Waals surface area contributed by atoms with Crippen LogP contribution in [-0.4, -0.2) is 0 Å². The number of para-hydroxylation sites is 1. The quantitative estimate of drug-likeness (QED) is 0.346. The Labute approximate surface area is 238 Å². The molecule has 0 saturated heterocycles. The van der Waals surface area contributed by atoms with Gasteiger partial charge in [0.25, 0.3) is 0 Å². The summed E-state index contributed by atoms with van der Waals surface area (Å²) < 4.78 is 0. The second kappa shape index (κ2) is 13.1. The van der Waals surface area contributed by atoms with Crippen molar-refractivity contribution in [2.24, 2.45) is 0 Å². The Hall–Kier alpha value is -5.08. The van der Waals surface area contributed by atoms with E-state index in [1.165, 1.54) is 11.1 Å². The van der Waals surface area contributed by atoms with Crippen molar-refractivity contribution < 1.29 is 0 Å².